The van der Waals surface area contributed by atoms with Gasteiger partial charge in [-0.25, -0.2) is 0 Å². The number of carbonyl (C=O) groups excluding carboxylic acids is 3. The van der Waals surface area contributed by atoms with Gasteiger partial charge in [0, 0.05) is 12.8 Å². The fourth-order valence-corrected chi connectivity index (χ4v) is 9.70. The maximum absolute atomic E-state index is 12.9. The van der Waals surface area contributed by atoms with E-state index < -0.39 is 12.1 Å². The van der Waals surface area contributed by atoms with Crippen molar-refractivity contribution >= 4 is 17.9 Å². The summed E-state index contributed by atoms with van der Waals surface area (Å²) in [5.41, 5.74) is 0. The lowest BCUT2D eigenvalue weighted by Gasteiger charge is -2.18. The molecule has 0 aliphatic heterocycles. The van der Waals surface area contributed by atoms with Crippen LogP contribution in [0.3, 0.4) is 0 Å². The van der Waals surface area contributed by atoms with Crippen molar-refractivity contribution in [1.29, 1.82) is 0 Å². The van der Waals surface area contributed by atoms with Crippen LogP contribution in [-0.4, -0.2) is 37.2 Å². The summed E-state index contributed by atoms with van der Waals surface area (Å²) in [6.07, 6.45) is 81.3. The maximum Gasteiger partial charge on any atom is 0.309 e. The Morgan fingerprint density at radius 1 is 0.280 bits per heavy atom. The molecule has 1 unspecified atom stereocenters. The van der Waals surface area contributed by atoms with Gasteiger partial charge in [0.25, 0.3) is 0 Å². The topological polar surface area (TPSA) is 78.9 Å². The summed E-state index contributed by atoms with van der Waals surface area (Å²) in [6, 6.07) is 0. The van der Waals surface area contributed by atoms with Gasteiger partial charge in [-0.15, -0.1) is 0 Å². The Kier molecular flexibility index (Phi) is 61.2. The largest absolute Gasteiger partial charge is 0.462 e. The highest BCUT2D eigenvalue weighted by atomic mass is 16.6. The van der Waals surface area contributed by atoms with E-state index in [9.17, 15) is 14.4 Å². The van der Waals surface area contributed by atoms with Gasteiger partial charge in [0.1, 0.15) is 13.2 Å². The second kappa shape index (κ2) is 63.6. The van der Waals surface area contributed by atoms with Gasteiger partial charge in [0.2, 0.25) is 0 Å². The van der Waals surface area contributed by atoms with E-state index in [2.05, 4.69) is 69.4 Å². The van der Waals surface area contributed by atoms with Crippen molar-refractivity contribution in [3.05, 3.63) is 60.8 Å². The van der Waals surface area contributed by atoms with Crippen LogP contribution in [0.5, 0.6) is 0 Å². The van der Waals surface area contributed by atoms with E-state index in [1.165, 1.54) is 231 Å². The van der Waals surface area contributed by atoms with Gasteiger partial charge in [0.15, 0.2) is 6.10 Å². The normalized spacial score (nSPS) is 12.4. The van der Waals surface area contributed by atoms with Crippen LogP contribution in [0.25, 0.3) is 0 Å². The van der Waals surface area contributed by atoms with Crippen molar-refractivity contribution in [2.45, 2.75) is 348 Å². The Morgan fingerprint density at radius 2 is 0.520 bits per heavy atom. The van der Waals surface area contributed by atoms with Crippen LogP contribution in [0, 0.1) is 0 Å². The third-order valence-electron chi connectivity index (χ3n) is 14.6. The van der Waals surface area contributed by atoms with Crippen LogP contribution in [0.15, 0.2) is 60.8 Å². The fourth-order valence-electron chi connectivity index (χ4n) is 9.70. The first-order valence-corrected chi connectivity index (χ1v) is 32.8. The van der Waals surface area contributed by atoms with Gasteiger partial charge in [-0.05, 0) is 44.9 Å². The lowest BCUT2D eigenvalue weighted by Crippen LogP contribution is -2.30. The van der Waals surface area contributed by atoms with Gasteiger partial charge in [-0.1, -0.05) is 338 Å². The van der Waals surface area contributed by atoms with Gasteiger partial charge < -0.3 is 14.2 Å². The number of esters is 3. The first kappa shape index (κ1) is 72.1. The lowest BCUT2D eigenvalue weighted by atomic mass is 10.0. The molecule has 436 valence electrons. The maximum atomic E-state index is 12.9. The molecule has 0 rings (SSSR count). The molecule has 6 heteroatoms. The zero-order chi connectivity index (χ0) is 54.3. The highest BCUT2D eigenvalue weighted by Crippen LogP contribution is 2.18. The van der Waals surface area contributed by atoms with E-state index in [-0.39, 0.29) is 31.6 Å². The van der Waals surface area contributed by atoms with E-state index in [4.69, 9.17) is 14.2 Å². The van der Waals surface area contributed by atoms with Crippen molar-refractivity contribution in [3.8, 4) is 0 Å². The van der Waals surface area contributed by atoms with Crippen molar-refractivity contribution in [1.82, 2.24) is 0 Å². The van der Waals surface area contributed by atoms with Crippen LogP contribution < -0.4 is 0 Å². The molecule has 0 aliphatic rings. The van der Waals surface area contributed by atoms with Crippen molar-refractivity contribution in [3.63, 3.8) is 0 Å². The number of ether oxygens (including phenoxy) is 3. The molecule has 0 saturated carbocycles. The highest BCUT2D eigenvalue weighted by Gasteiger charge is 2.19. The predicted molar refractivity (Wildman–Crippen MR) is 325 cm³/mol. The molecule has 0 aliphatic carbocycles. The SMILES string of the molecule is CC/C=C\C/C=C\C/C=C\C/C=C\C/C=C\CC(=O)OCC(COC(=O)CCCCCCCCCCCCCCCCCCCCCCCCCC)OC(=O)CCCCCCCCCCCCCCCCCCCC. The Morgan fingerprint density at radius 3 is 0.813 bits per heavy atom. The first-order chi connectivity index (χ1) is 37.0. The van der Waals surface area contributed by atoms with Crippen molar-refractivity contribution < 1.29 is 28.6 Å². The second-order valence-electron chi connectivity index (χ2n) is 22.0. The summed E-state index contributed by atoms with van der Waals surface area (Å²) in [5.74, 6) is -1.01. The van der Waals surface area contributed by atoms with Crippen LogP contribution in [0.2, 0.25) is 0 Å². The smallest absolute Gasteiger partial charge is 0.309 e. The molecule has 0 bridgehead atoms. The van der Waals surface area contributed by atoms with E-state index in [1.54, 1.807) is 0 Å². The average Bonchev–Trinajstić information content (AvgIpc) is 3.41. The summed E-state index contributed by atoms with van der Waals surface area (Å²) in [4.78, 5) is 38.3. The second-order valence-corrected chi connectivity index (χ2v) is 22.0. The number of hydrogen-bond acceptors (Lipinski definition) is 6. The highest BCUT2D eigenvalue weighted by molar-refractivity contribution is 5.72. The van der Waals surface area contributed by atoms with Crippen molar-refractivity contribution in [2.24, 2.45) is 0 Å². The molecule has 0 amide bonds. The number of carbonyl (C=O) groups is 3. The molecular weight excluding hydrogens is 925 g/mol. The minimum Gasteiger partial charge on any atom is -0.462 e. The summed E-state index contributed by atoms with van der Waals surface area (Å²) < 4.78 is 16.8. The molecule has 0 heterocycles. The van der Waals surface area contributed by atoms with Crippen molar-refractivity contribution in [2.75, 3.05) is 13.2 Å². The molecule has 0 aromatic carbocycles. The number of rotatable bonds is 60. The summed E-state index contributed by atoms with van der Waals surface area (Å²) in [5, 5.41) is 0. The molecule has 0 N–H and O–H groups in total. The molecule has 75 heavy (non-hydrogen) atoms. The molecule has 0 radical (unpaired) electrons. The molecule has 0 spiro atoms. The summed E-state index contributed by atoms with van der Waals surface area (Å²) in [6.45, 7) is 6.50. The standard InChI is InChI=1S/C69H124O6/c1-4-7-10-13-16-19-22-25-28-30-32-33-34-35-36-37-39-41-44-47-50-53-56-59-62-68(71)74-65-66(64-73-67(70)61-58-55-52-49-46-43-40-27-24-21-18-15-12-9-6-3)75-69(72)63-60-57-54-51-48-45-42-38-31-29-26-23-20-17-14-11-8-5-2/h9,12,18,21,27,40,46,49,55,58,66H,4-8,10-11,13-17,19-20,22-26,28-39,41-45,47-48,50-54,56-57,59-65H2,1-3H3/b12-9-,21-18-,40-27-,49-46-,58-55-. The minimum absolute atomic E-state index is 0.0992. The quantitative estimate of drug-likeness (QED) is 0.0261. The molecular formula is C69H124O6. The Balaban J connectivity index is 4.33. The number of hydrogen-bond donors (Lipinski definition) is 0. The molecule has 0 aromatic rings. The van der Waals surface area contributed by atoms with Gasteiger partial charge in [-0.2, -0.15) is 0 Å². The summed E-state index contributed by atoms with van der Waals surface area (Å²) in [7, 11) is 0. The average molecular weight is 1050 g/mol. The molecule has 1 atom stereocenters. The van der Waals surface area contributed by atoms with Crippen LogP contribution in [0.4, 0.5) is 0 Å². The van der Waals surface area contributed by atoms with E-state index >= 15 is 0 Å². The van der Waals surface area contributed by atoms with Crippen LogP contribution in [0.1, 0.15) is 342 Å². The number of unbranched alkanes of at least 4 members (excludes halogenated alkanes) is 40. The Hall–Kier alpha value is -2.89. The van der Waals surface area contributed by atoms with Gasteiger partial charge in [-0.3, -0.25) is 14.4 Å². The van der Waals surface area contributed by atoms with Gasteiger partial charge >= 0.3 is 17.9 Å². The fraction of sp³-hybridized carbons (Fsp3) is 0.812. The third kappa shape index (κ3) is 61.8. The molecule has 0 fully saturated rings. The first-order valence-electron chi connectivity index (χ1n) is 32.8. The van der Waals surface area contributed by atoms with Crippen LogP contribution >= 0.6 is 0 Å². The van der Waals surface area contributed by atoms with Gasteiger partial charge in [0.05, 0.1) is 6.42 Å². The minimum atomic E-state index is -0.812. The molecule has 0 aromatic heterocycles. The Labute approximate surface area is 466 Å². The van der Waals surface area contributed by atoms with E-state index in [0.717, 1.165) is 70.6 Å². The van der Waals surface area contributed by atoms with E-state index in [0.29, 0.717) is 12.8 Å². The predicted octanol–water partition coefficient (Wildman–Crippen LogP) is 22.3. The summed E-state index contributed by atoms with van der Waals surface area (Å²) >= 11 is 0. The zero-order valence-corrected chi connectivity index (χ0v) is 50.1. The number of allylic oxidation sites excluding steroid dienone is 9. The lowest BCUT2D eigenvalue weighted by molar-refractivity contribution is -0.166. The van der Waals surface area contributed by atoms with E-state index in [1.807, 2.05) is 12.2 Å². The zero-order valence-electron chi connectivity index (χ0n) is 50.1. The Bertz CT molecular complexity index is 1340. The van der Waals surface area contributed by atoms with Crippen LogP contribution in [-0.2, 0) is 28.6 Å². The molecule has 6 nitrogen and oxygen atoms in total. The third-order valence-corrected chi connectivity index (χ3v) is 14.6. The monoisotopic (exact) mass is 1050 g/mol. The molecule has 0 saturated heterocycles.